The lowest BCUT2D eigenvalue weighted by atomic mass is 10.0. The lowest BCUT2D eigenvalue weighted by Crippen LogP contribution is -2.22. The minimum Gasteiger partial charge on any atom is -0.495 e. The predicted molar refractivity (Wildman–Crippen MR) is 129 cm³/mol. The van der Waals surface area contributed by atoms with Crippen molar-refractivity contribution in [3.8, 4) is 5.75 Å². The number of anilines is 2. The van der Waals surface area contributed by atoms with E-state index in [1.165, 1.54) is 0 Å². The Morgan fingerprint density at radius 3 is 2.62 bits per heavy atom. The Kier molecular flexibility index (Phi) is 7.99. The number of nitrogens with zero attached hydrogens (tertiary/aromatic N) is 3. The van der Waals surface area contributed by atoms with Crippen molar-refractivity contribution < 1.29 is 14.3 Å². The van der Waals surface area contributed by atoms with Crippen LogP contribution in [0.25, 0.3) is 10.8 Å². The van der Waals surface area contributed by atoms with Crippen LogP contribution in [0.4, 0.5) is 11.5 Å². The molecular formula is C23H26Cl2N4O3. The molecule has 0 aliphatic carbocycles. The maximum Gasteiger partial charge on any atom is 0.305 e. The second kappa shape index (κ2) is 10.7. The van der Waals surface area contributed by atoms with E-state index >= 15 is 0 Å². The third-order valence-electron chi connectivity index (χ3n) is 5.12. The number of carbonyl (C=O) groups is 1. The van der Waals surface area contributed by atoms with Gasteiger partial charge in [0, 0.05) is 37.2 Å². The molecule has 9 heteroatoms. The minimum atomic E-state index is -0.207. The van der Waals surface area contributed by atoms with Gasteiger partial charge in [0.1, 0.15) is 5.75 Å². The molecule has 2 N–H and O–H groups in total. The summed E-state index contributed by atoms with van der Waals surface area (Å²) in [7, 11) is 3.48. The average molecular weight is 477 g/mol. The lowest BCUT2D eigenvalue weighted by molar-refractivity contribution is -0.143. The molecule has 0 atom stereocenters. The van der Waals surface area contributed by atoms with Crippen molar-refractivity contribution in [1.82, 2.24) is 10.2 Å². The van der Waals surface area contributed by atoms with Crippen LogP contribution in [0.3, 0.4) is 0 Å². The van der Waals surface area contributed by atoms with Gasteiger partial charge in [-0.25, -0.2) is 0 Å². The number of carbonyl (C=O) groups excluding carboxylic acids is 1. The Morgan fingerprint density at radius 2 is 1.94 bits per heavy atom. The summed E-state index contributed by atoms with van der Waals surface area (Å²) in [5.41, 5.74) is 8.46. The van der Waals surface area contributed by atoms with Gasteiger partial charge in [0.25, 0.3) is 0 Å². The molecular weight excluding hydrogens is 451 g/mol. The zero-order valence-corrected chi connectivity index (χ0v) is 19.8. The van der Waals surface area contributed by atoms with Crippen LogP contribution in [0.2, 0.25) is 10.0 Å². The van der Waals surface area contributed by atoms with Crippen molar-refractivity contribution in [2.75, 3.05) is 37.9 Å². The van der Waals surface area contributed by atoms with E-state index in [1.807, 2.05) is 36.2 Å². The number of hydrogen-bond acceptors (Lipinski definition) is 7. The van der Waals surface area contributed by atoms with Gasteiger partial charge in [-0.15, -0.1) is 5.10 Å². The normalized spacial score (nSPS) is 10.9. The van der Waals surface area contributed by atoms with E-state index in [2.05, 4.69) is 10.2 Å². The Morgan fingerprint density at radius 1 is 1.16 bits per heavy atom. The number of esters is 1. The predicted octanol–water partition coefficient (Wildman–Crippen LogP) is 4.90. The fourth-order valence-electron chi connectivity index (χ4n) is 3.52. The number of hydrogen-bond donors (Lipinski definition) is 1. The van der Waals surface area contributed by atoms with E-state index in [9.17, 15) is 4.79 Å². The summed E-state index contributed by atoms with van der Waals surface area (Å²) >= 11 is 12.6. The summed E-state index contributed by atoms with van der Waals surface area (Å²) in [4.78, 5) is 13.6. The summed E-state index contributed by atoms with van der Waals surface area (Å²) in [6.45, 7) is 2.78. The van der Waals surface area contributed by atoms with Crippen LogP contribution in [-0.4, -0.2) is 43.5 Å². The molecule has 2 aromatic carbocycles. The fourth-order valence-corrected chi connectivity index (χ4v) is 3.96. The number of nitrogen functional groups attached to an aromatic ring is 1. The first-order chi connectivity index (χ1) is 15.3. The molecule has 0 spiro atoms. The number of nitrogens with two attached hydrogens (primary N) is 1. The van der Waals surface area contributed by atoms with Gasteiger partial charge in [-0.05, 0) is 43.2 Å². The zero-order chi connectivity index (χ0) is 23.3. The van der Waals surface area contributed by atoms with E-state index in [0.717, 1.165) is 16.3 Å². The second-order valence-corrected chi connectivity index (χ2v) is 8.14. The Labute approximate surface area is 197 Å². The fraction of sp³-hybridized carbons (Fsp3) is 0.348. The Bertz CT molecular complexity index is 1120. The van der Waals surface area contributed by atoms with E-state index in [0.29, 0.717) is 65.4 Å². The van der Waals surface area contributed by atoms with Crippen LogP contribution in [0.5, 0.6) is 5.75 Å². The van der Waals surface area contributed by atoms with Crippen LogP contribution in [0.15, 0.2) is 30.3 Å². The summed E-state index contributed by atoms with van der Waals surface area (Å²) in [5, 5.41) is 11.5. The smallest absolute Gasteiger partial charge is 0.305 e. The highest BCUT2D eigenvalue weighted by Crippen LogP contribution is 2.36. The molecule has 3 aromatic rings. The SMILES string of the molecule is CCOC(=O)CCCN(C)c1nnc(Cc2ccc(OC)c(Cl)c2)c2c(N)c(Cl)ccc12. The van der Waals surface area contributed by atoms with E-state index < -0.39 is 0 Å². The van der Waals surface area contributed by atoms with Crippen LogP contribution in [-0.2, 0) is 16.0 Å². The molecule has 0 fully saturated rings. The van der Waals surface area contributed by atoms with E-state index in [1.54, 1.807) is 20.1 Å². The number of benzene rings is 2. The van der Waals surface area contributed by atoms with Crippen LogP contribution in [0, 0.1) is 0 Å². The lowest BCUT2D eigenvalue weighted by Gasteiger charge is -2.21. The van der Waals surface area contributed by atoms with Crippen LogP contribution < -0.4 is 15.4 Å². The number of fused-ring (bicyclic) bond motifs is 1. The molecule has 0 radical (unpaired) electrons. The minimum absolute atomic E-state index is 0.207. The highest BCUT2D eigenvalue weighted by Gasteiger charge is 2.17. The van der Waals surface area contributed by atoms with Gasteiger partial charge in [-0.3, -0.25) is 4.79 Å². The summed E-state index contributed by atoms with van der Waals surface area (Å²) in [6.07, 6.45) is 1.45. The van der Waals surface area contributed by atoms with Gasteiger partial charge >= 0.3 is 5.97 Å². The van der Waals surface area contributed by atoms with Gasteiger partial charge in [0.15, 0.2) is 5.82 Å². The number of halogens is 2. The highest BCUT2D eigenvalue weighted by atomic mass is 35.5. The third-order valence-corrected chi connectivity index (χ3v) is 5.74. The number of rotatable bonds is 9. The van der Waals surface area contributed by atoms with E-state index in [4.69, 9.17) is 38.4 Å². The molecule has 7 nitrogen and oxygen atoms in total. The van der Waals surface area contributed by atoms with Gasteiger partial charge in [-0.2, -0.15) is 5.10 Å². The summed E-state index contributed by atoms with van der Waals surface area (Å²) < 4.78 is 10.2. The van der Waals surface area contributed by atoms with Crippen LogP contribution in [0.1, 0.15) is 31.0 Å². The summed E-state index contributed by atoms with van der Waals surface area (Å²) in [6, 6.07) is 9.23. The number of aromatic nitrogens is 2. The molecule has 32 heavy (non-hydrogen) atoms. The molecule has 1 aromatic heterocycles. The monoisotopic (exact) mass is 476 g/mol. The third kappa shape index (κ3) is 5.34. The molecule has 1 heterocycles. The quantitative estimate of drug-likeness (QED) is 0.346. The number of ether oxygens (including phenoxy) is 2. The van der Waals surface area contributed by atoms with Crippen molar-refractivity contribution in [2.24, 2.45) is 0 Å². The molecule has 0 bridgehead atoms. The van der Waals surface area contributed by atoms with Gasteiger partial charge in [-0.1, -0.05) is 29.3 Å². The molecule has 0 unspecified atom stereocenters. The largest absolute Gasteiger partial charge is 0.495 e. The van der Waals surface area contributed by atoms with Gasteiger partial charge < -0.3 is 20.1 Å². The molecule has 170 valence electrons. The zero-order valence-electron chi connectivity index (χ0n) is 18.3. The molecule has 3 rings (SSSR count). The maximum atomic E-state index is 11.6. The standard InChI is InChI=1S/C23H26Cl2N4O3/c1-4-32-20(30)6-5-11-29(2)23-15-8-9-16(24)22(26)21(15)18(27-28-23)13-14-7-10-19(31-3)17(25)12-14/h7-10,12H,4-6,11,13,26H2,1-3H3. The molecule has 0 saturated carbocycles. The Hall–Kier alpha value is -2.77. The molecule has 0 amide bonds. The van der Waals surface area contributed by atoms with E-state index in [-0.39, 0.29) is 5.97 Å². The van der Waals surface area contributed by atoms with Crippen molar-refractivity contribution >= 4 is 51.4 Å². The molecule has 0 saturated heterocycles. The second-order valence-electron chi connectivity index (χ2n) is 7.33. The van der Waals surface area contributed by atoms with Crippen molar-refractivity contribution in [3.63, 3.8) is 0 Å². The average Bonchev–Trinajstić information content (AvgIpc) is 2.76. The van der Waals surface area contributed by atoms with Crippen molar-refractivity contribution in [3.05, 3.63) is 51.6 Å². The van der Waals surface area contributed by atoms with Crippen LogP contribution >= 0.6 is 23.2 Å². The molecule has 0 aliphatic rings. The maximum absolute atomic E-state index is 11.6. The number of methoxy groups -OCH3 is 1. The first-order valence-electron chi connectivity index (χ1n) is 10.3. The highest BCUT2D eigenvalue weighted by molar-refractivity contribution is 6.35. The van der Waals surface area contributed by atoms with Gasteiger partial charge in [0.05, 0.1) is 35.1 Å². The first kappa shape index (κ1) is 23.9. The summed E-state index contributed by atoms with van der Waals surface area (Å²) in [5.74, 6) is 1.07. The topological polar surface area (TPSA) is 90.6 Å². The molecule has 0 aliphatic heterocycles. The van der Waals surface area contributed by atoms with Gasteiger partial charge in [0.2, 0.25) is 0 Å². The first-order valence-corrected chi connectivity index (χ1v) is 11.0. The van der Waals surface area contributed by atoms with Crippen molar-refractivity contribution in [2.45, 2.75) is 26.2 Å². The Balaban J connectivity index is 1.92. The van der Waals surface area contributed by atoms with Crippen molar-refractivity contribution in [1.29, 1.82) is 0 Å².